The number of oxazole rings is 1. The summed E-state index contributed by atoms with van der Waals surface area (Å²) < 4.78 is 6.46. The molecule has 2 aromatic carbocycles. The van der Waals surface area contributed by atoms with Crippen molar-refractivity contribution in [2.45, 2.75) is 13.0 Å². The van der Waals surface area contributed by atoms with Gasteiger partial charge in [-0.2, -0.15) is 0 Å². The molecule has 4 rings (SSSR count). The van der Waals surface area contributed by atoms with Crippen LogP contribution in [0, 0.1) is 0 Å². The van der Waals surface area contributed by atoms with Crippen LogP contribution in [-0.4, -0.2) is 25.9 Å². The first-order valence-electron chi connectivity index (χ1n) is 8.32. The van der Waals surface area contributed by atoms with Crippen LogP contribution in [0.25, 0.3) is 22.2 Å². The molecule has 0 spiro atoms. The monoisotopic (exact) mass is 361 g/mol. The summed E-state index contributed by atoms with van der Waals surface area (Å²) in [7, 11) is 0. The lowest BCUT2D eigenvalue weighted by Crippen LogP contribution is -2.26. The van der Waals surface area contributed by atoms with Crippen molar-refractivity contribution < 1.29 is 9.21 Å². The number of hydrogen-bond donors (Lipinski definition) is 1. The molecule has 8 heteroatoms. The number of amides is 1. The highest BCUT2D eigenvalue weighted by atomic mass is 16.3. The Morgan fingerprint density at radius 2 is 2.04 bits per heavy atom. The molecular weight excluding hydrogens is 346 g/mol. The second-order valence-corrected chi connectivity index (χ2v) is 5.88. The maximum atomic E-state index is 12.4. The summed E-state index contributed by atoms with van der Waals surface area (Å²) in [6.07, 6.45) is 3.05. The van der Waals surface area contributed by atoms with Gasteiger partial charge < -0.3 is 9.73 Å². The number of anilines is 1. The molecule has 0 saturated heterocycles. The third kappa shape index (κ3) is 3.59. The van der Waals surface area contributed by atoms with Crippen molar-refractivity contribution in [1.29, 1.82) is 0 Å². The van der Waals surface area contributed by atoms with E-state index in [2.05, 4.69) is 20.6 Å². The van der Waals surface area contributed by atoms with Crippen molar-refractivity contribution >= 4 is 22.5 Å². The van der Waals surface area contributed by atoms with Crippen molar-refractivity contribution in [3.05, 3.63) is 71.5 Å². The van der Waals surface area contributed by atoms with Gasteiger partial charge in [0, 0.05) is 17.7 Å². The molecule has 1 N–H and O–H groups in total. The smallest absolute Gasteiger partial charge is 0.277 e. The van der Waals surface area contributed by atoms with Crippen LogP contribution in [0.3, 0.4) is 0 Å². The maximum absolute atomic E-state index is 12.4. The number of nitrogens with one attached hydrogen (secondary N) is 1. The summed E-state index contributed by atoms with van der Waals surface area (Å²) in [6, 6.07) is 14.2. The molecule has 27 heavy (non-hydrogen) atoms. The number of rotatable bonds is 5. The summed E-state index contributed by atoms with van der Waals surface area (Å²) in [4.78, 5) is 28.5. The molecule has 0 unspecified atom stereocenters. The van der Waals surface area contributed by atoms with Crippen LogP contribution in [0.1, 0.15) is 6.42 Å². The van der Waals surface area contributed by atoms with Crippen LogP contribution in [0.4, 0.5) is 5.69 Å². The lowest BCUT2D eigenvalue weighted by atomic mass is 10.1. The van der Waals surface area contributed by atoms with Crippen molar-refractivity contribution in [3.63, 3.8) is 0 Å². The molecule has 2 heterocycles. The fourth-order valence-corrected chi connectivity index (χ4v) is 2.71. The van der Waals surface area contributed by atoms with E-state index in [9.17, 15) is 9.59 Å². The molecule has 2 aromatic heterocycles. The molecule has 0 saturated carbocycles. The highest BCUT2D eigenvalue weighted by Gasteiger charge is 2.09. The molecular formula is C19H15N5O3. The summed E-state index contributed by atoms with van der Waals surface area (Å²) in [5.41, 5.74) is 1.71. The number of benzene rings is 2. The third-order valence-electron chi connectivity index (χ3n) is 4.04. The minimum absolute atomic E-state index is 0.0967. The predicted octanol–water partition coefficient (Wildman–Crippen LogP) is 2.48. The molecule has 0 aliphatic carbocycles. The van der Waals surface area contributed by atoms with E-state index in [4.69, 9.17) is 4.42 Å². The number of fused-ring (bicyclic) bond motifs is 1. The van der Waals surface area contributed by atoms with Crippen LogP contribution in [-0.2, 0) is 11.3 Å². The van der Waals surface area contributed by atoms with Crippen LogP contribution < -0.4 is 10.9 Å². The van der Waals surface area contributed by atoms with E-state index in [0.717, 1.165) is 5.56 Å². The van der Waals surface area contributed by atoms with Gasteiger partial charge in [-0.1, -0.05) is 29.5 Å². The van der Waals surface area contributed by atoms with E-state index in [-0.39, 0.29) is 24.4 Å². The fraction of sp³-hybridized carbons (Fsp3) is 0.105. The van der Waals surface area contributed by atoms with Gasteiger partial charge in [-0.15, -0.1) is 5.10 Å². The highest BCUT2D eigenvalue weighted by molar-refractivity contribution is 5.91. The van der Waals surface area contributed by atoms with Gasteiger partial charge >= 0.3 is 0 Å². The van der Waals surface area contributed by atoms with Gasteiger partial charge in [0.05, 0.1) is 18.1 Å². The Kier molecular flexibility index (Phi) is 4.44. The Labute approximate surface area is 153 Å². The van der Waals surface area contributed by atoms with Gasteiger partial charge in [-0.25, -0.2) is 9.67 Å². The lowest BCUT2D eigenvalue weighted by molar-refractivity contribution is -0.116. The Morgan fingerprint density at radius 1 is 1.15 bits per heavy atom. The maximum Gasteiger partial charge on any atom is 0.277 e. The number of nitrogens with zero attached hydrogens (tertiary/aromatic N) is 4. The zero-order valence-corrected chi connectivity index (χ0v) is 14.2. The minimum atomic E-state index is -0.263. The summed E-state index contributed by atoms with van der Waals surface area (Å²) in [6.45, 7) is 0.143. The Hall–Kier alpha value is -3.81. The van der Waals surface area contributed by atoms with Gasteiger partial charge in [-0.05, 0) is 24.3 Å². The zero-order chi connectivity index (χ0) is 18.6. The van der Waals surface area contributed by atoms with E-state index in [1.54, 1.807) is 42.6 Å². The SMILES string of the molecule is O=C(CCn1nnc2ccccc2c1=O)Nc1cccc(-c2cnco2)c1. The first-order chi connectivity index (χ1) is 13.2. The summed E-state index contributed by atoms with van der Waals surface area (Å²) >= 11 is 0. The molecule has 0 bridgehead atoms. The topological polar surface area (TPSA) is 103 Å². The van der Waals surface area contributed by atoms with Gasteiger partial charge in [0.25, 0.3) is 5.56 Å². The Balaban J connectivity index is 1.44. The summed E-state index contributed by atoms with van der Waals surface area (Å²) in [5, 5.41) is 11.2. The van der Waals surface area contributed by atoms with Crippen molar-refractivity contribution in [1.82, 2.24) is 20.0 Å². The molecule has 0 aliphatic heterocycles. The Bertz CT molecular complexity index is 1150. The molecule has 0 aliphatic rings. The second-order valence-electron chi connectivity index (χ2n) is 5.88. The van der Waals surface area contributed by atoms with Crippen LogP contribution >= 0.6 is 0 Å². The van der Waals surface area contributed by atoms with E-state index < -0.39 is 0 Å². The first kappa shape index (κ1) is 16.6. The normalized spacial score (nSPS) is 10.8. The average Bonchev–Trinajstić information content (AvgIpc) is 3.23. The number of aryl methyl sites for hydroxylation is 1. The zero-order valence-electron chi connectivity index (χ0n) is 14.2. The van der Waals surface area contributed by atoms with Crippen LogP contribution in [0.15, 0.2) is 70.3 Å². The Morgan fingerprint density at radius 3 is 2.89 bits per heavy atom. The van der Waals surface area contributed by atoms with Crippen molar-refractivity contribution in [2.75, 3.05) is 5.32 Å². The van der Waals surface area contributed by atoms with Gasteiger partial charge in [0.2, 0.25) is 5.91 Å². The van der Waals surface area contributed by atoms with E-state index >= 15 is 0 Å². The van der Waals surface area contributed by atoms with Gasteiger partial charge in [-0.3, -0.25) is 9.59 Å². The molecule has 0 fully saturated rings. The lowest BCUT2D eigenvalue weighted by Gasteiger charge is -2.07. The number of carbonyl (C=O) groups is 1. The summed E-state index contributed by atoms with van der Waals surface area (Å²) in [5.74, 6) is 0.385. The number of carbonyl (C=O) groups excluding carboxylic acids is 1. The van der Waals surface area contributed by atoms with E-state index in [1.165, 1.54) is 11.1 Å². The third-order valence-corrected chi connectivity index (χ3v) is 4.04. The fourth-order valence-electron chi connectivity index (χ4n) is 2.71. The number of aromatic nitrogens is 4. The van der Waals surface area contributed by atoms with Gasteiger partial charge in [0.15, 0.2) is 12.2 Å². The molecule has 0 atom stereocenters. The standard InChI is InChI=1S/C19H15N5O3/c25-18(21-14-5-3-4-13(10-14)17-11-20-12-27-17)8-9-24-19(26)15-6-1-2-7-16(15)22-23-24/h1-7,10-12H,8-9H2,(H,21,25). The largest absolute Gasteiger partial charge is 0.444 e. The van der Waals surface area contributed by atoms with Crippen molar-refractivity contribution in [2.24, 2.45) is 0 Å². The first-order valence-corrected chi connectivity index (χ1v) is 8.32. The second kappa shape index (κ2) is 7.20. The molecule has 4 aromatic rings. The van der Waals surface area contributed by atoms with Gasteiger partial charge in [0.1, 0.15) is 5.52 Å². The number of hydrogen-bond acceptors (Lipinski definition) is 6. The average molecular weight is 361 g/mol. The molecule has 8 nitrogen and oxygen atoms in total. The molecule has 0 radical (unpaired) electrons. The van der Waals surface area contributed by atoms with Crippen molar-refractivity contribution in [3.8, 4) is 11.3 Å². The molecule has 1 amide bonds. The quantitative estimate of drug-likeness (QED) is 0.586. The predicted molar refractivity (Wildman–Crippen MR) is 99.0 cm³/mol. The molecule has 134 valence electrons. The van der Waals surface area contributed by atoms with E-state index in [1.807, 2.05) is 12.1 Å². The van der Waals surface area contributed by atoms with Crippen LogP contribution in [0.5, 0.6) is 0 Å². The van der Waals surface area contributed by atoms with E-state index in [0.29, 0.717) is 22.4 Å². The minimum Gasteiger partial charge on any atom is -0.444 e. The van der Waals surface area contributed by atoms with Crippen LogP contribution in [0.2, 0.25) is 0 Å². The highest BCUT2D eigenvalue weighted by Crippen LogP contribution is 2.22.